The largest absolute Gasteiger partial charge is 0.381 e. The topological polar surface area (TPSA) is 37.7 Å². The molecule has 0 radical (unpaired) electrons. The van der Waals surface area contributed by atoms with Crippen LogP contribution in [-0.2, 0) is 15.1 Å². The van der Waals surface area contributed by atoms with Gasteiger partial charge >= 0.3 is 0 Å². The minimum Gasteiger partial charge on any atom is -0.381 e. The van der Waals surface area contributed by atoms with Crippen molar-refractivity contribution in [3.05, 3.63) is 24.5 Å². The number of ether oxygens (including phenoxy) is 1. The van der Waals surface area contributed by atoms with Crippen molar-refractivity contribution in [2.45, 2.75) is 24.8 Å². The molecule has 1 amide bonds. The fraction of sp³-hybridized carbons (Fsp3) is 0.688. The van der Waals surface area contributed by atoms with Gasteiger partial charge in [-0.25, -0.2) is 0 Å². The zero-order valence-electron chi connectivity index (χ0n) is 12.8. The molecule has 5 heteroatoms. The molecule has 5 nitrogen and oxygen atoms in total. The molecule has 21 heavy (non-hydrogen) atoms. The van der Waals surface area contributed by atoms with E-state index in [2.05, 4.69) is 28.9 Å². The lowest BCUT2D eigenvalue weighted by Crippen LogP contribution is -2.50. The highest BCUT2D eigenvalue weighted by Crippen LogP contribution is 2.33. The summed E-state index contributed by atoms with van der Waals surface area (Å²) in [5.74, 6) is 0.290. The molecular weight excluding hydrogens is 266 g/mol. The van der Waals surface area contributed by atoms with Gasteiger partial charge in [-0.15, -0.1) is 0 Å². The quantitative estimate of drug-likeness (QED) is 0.839. The van der Waals surface area contributed by atoms with Crippen LogP contribution in [0.25, 0.3) is 0 Å². The fourth-order valence-electron chi connectivity index (χ4n) is 3.38. The van der Waals surface area contributed by atoms with Crippen LogP contribution >= 0.6 is 0 Å². The van der Waals surface area contributed by atoms with E-state index in [0.717, 1.165) is 52.2 Å². The normalized spacial score (nSPS) is 23.2. The Balaban J connectivity index is 1.71. The first kappa shape index (κ1) is 14.6. The lowest BCUT2D eigenvalue weighted by atomic mass is 9.85. The van der Waals surface area contributed by atoms with Crippen LogP contribution in [0, 0.1) is 0 Å². The van der Waals surface area contributed by atoms with E-state index in [9.17, 15) is 4.79 Å². The molecule has 0 N–H and O–H groups in total. The van der Waals surface area contributed by atoms with Gasteiger partial charge in [-0.3, -0.25) is 4.79 Å². The zero-order valence-corrected chi connectivity index (χ0v) is 12.8. The highest BCUT2D eigenvalue weighted by molar-refractivity contribution is 5.77. The van der Waals surface area contributed by atoms with Crippen LogP contribution < -0.4 is 0 Å². The van der Waals surface area contributed by atoms with Crippen LogP contribution in [0.3, 0.4) is 0 Å². The Morgan fingerprint density at radius 2 is 1.71 bits per heavy atom. The van der Waals surface area contributed by atoms with Crippen LogP contribution in [0.4, 0.5) is 0 Å². The van der Waals surface area contributed by atoms with Gasteiger partial charge < -0.3 is 19.1 Å². The molecule has 3 rings (SSSR count). The third-order valence-corrected chi connectivity index (χ3v) is 4.91. The van der Waals surface area contributed by atoms with Crippen molar-refractivity contribution in [3.63, 3.8) is 0 Å². The second-order valence-electron chi connectivity index (χ2n) is 6.29. The molecule has 0 aliphatic carbocycles. The maximum atomic E-state index is 12.7. The predicted octanol–water partition coefficient (Wildman–Crippen LogP) is 1.16. The van der Waals surface area contributed by atoms with Gasteiger partial charge in [-0.2, -0.15) is 0 Å². The summed E-state index contributed by atoms with van der Waals surface area (Å²) in [7, 11) is 2.11. The van der Waals surface area contributed by atoms with E-state index in [1.807, 2.05) is 17.0 Å². The van der Waals surface area contributed by atoms with E-state index in [4.69, 9.17) is 4.74 Å². The van der Waals surface area contributed by atoms with Gasteiger partial charge in [0.2, 0.25) is 5.91 Å². The summed E-state index contributed by atoms with van der Waals surface area (Å²) in [6, 6.07) is 4.08. The van der Waals surface area contributed by atoms with Gasteiger partial charge in [0.05, 0.1) is 12.0 Å². The van der Waals surface area contributed by atoms with E-state index >= 15 is 0 Å². The summed E-state index contributed by atoms with van der Waals surface area (Å²) in [5.41, 5.74) is -0.0951. The highest BCUT2D eigenvalue weighted by Gasteiger charge is 2.37. The number of aromatic nitrogens is 1. The van der Waals surface area contributed by atoms with Gasteiger partial charge in [-0.1, -0.05) is 0 Å². The minimum atomic E-state index is -0.0951. The number of likely N-dealkylation sites (N-methyl/N-ethyl adjacent to an activating group) is 1. The Bertz CT molecular complexity index is 458. The average Bonchev–Trinajstić information content (AvgIpc) is 3.04. The van der Waals surface area contributed by atoms with Crippen molar-refractivity contribution < 1.29 is 9.53 Å². The van der Waals surface area contributed by atoms with E-state index in [0.29, 0.717) is 12.3 Å². The lowest BCUT2D eigenvalue weighted by molar-refractivity contribution is -0.136. The second kappa shape index (κ2) is 6.20. The maximum Gasteiger partial charge on any atom is 0.225 e. The molecular formula is C16H25N3O2. The Morgan fingerprint density at radius 3 is 2.33 bits per heavy atom. The number of amides is 1. The first-order chi connectivity index (χ1) is 10.2. The molecule has 1 aromatic rings. The molecule has 0 saturated carbocycles. The highest BCUT2D eigenvalue weighted by atomic mass is 16.5. The van der Waals surface area contributed by atoms with Crippen molar-refractivity contribution in [1.29, 1.82) is 0 Å². The monoisotopic (exact) mass is 291 g/mol. The summed E-state index contributed by atoms with van der Waals surface area (Å²) >= 11 is 0. The van der Waals surface area contributed by atoms with Gasteiger partial charge in [0.1, 0.15) is 0 Å². The second-order valence-corrected chi connectivity index (χ2v) is 6.29. The molecule has 2 saturated heterocycles. The van der Waals surface area contributed by atoms with Crippen molar-refractivity contribution in [2.24, 2.45) is 0 Å². The fourth-order valence-corrected chi connectivity index (χ4v) is 3.38. The molecule has 2 aliphatic heterocycles. The average molecular weight is 291 g/mol. The van der Waals surface area contributed by atoms with Crippen molar-refractivity contribution in [1.82, 2.24) is 14.4 Å². The van der Waals surface area contributed by atoms with E-state index < -0.39 is 0 Å². The van der Waals surface area contributed by atoms with Crippen LogP contribution in [0.5, 0.6) is 0 Å². The summed E-state index contributed by atoms with van der Waals surface area (Å²) in [5, 5.41) is 0. The SMILES string of the molecule is CN1CCN(C(=O)CC2(n3cccc3)CCOCC2)CC1. The van der Waals surface area contributed by atoms with Crippen molar-refractivity contribution in [3.8, 4) is 0 Å². The lowest BCUT2D eigenvalue weighted by Gasteiger charge is -2.41. The van der Waals surface area contributed by atoms with Crippen LogP contribution in [0.2, 0.25) is 0 Å². The van der Waals surface area contributed by atoms with Crippen molar-refractivity contribution >= 4 is 5.91 Å². The molecule has 0 aromatic carbocycles. The number of piperazine rings is 1. The van der Waals surface area contributed by atoms with E-state index in [1.165, 1.54) is 0 Å². The van der Waals surface area contributed by atoms with Crippen LogP contribution in [0.1, 0.15) is 19.3 Å². The molecule has 0 bridgehead atoms. The molecule has 2 aliphatic rings. The number of rotatable bonds is 3. The third kappa shape index (κ3) is 3.14. The minimum absolute atomic E-state index is 0.0951. The van der Waals surface area contributed by atoms with E-state index in [-0.39, 0.29) is 5.54 Å². The van der Waals surface area contributed by atoms with Crippen molar-refractivity contribution in [2.75, 3.05) is 46.4 Å². The number of hydrogen-bond acceptors (Lipinski definition) is 3. The Labute approximate surface area is 126 Å². The number of nitrogens with zero attached hydrogens (tertiary/aromatic N) is 3. The summed E-state index contributed by atoms with van der Waals surface area (Å²) in [4.78, 5) is 17.0. The van der Waals surface area contributed by atoms with E-state index in [1.54, 1.807) is 0 Å². The van der Waals surface area contributed by atoms with Gasteiger partial charge in [-0.05, 0) is 32.0 Å². The Hall–Kier alpha value is -1.33. The van der Waals surface area contributed by atoms with Gasteiger partial charge in [0.25, 0.3) is 0 Å². The maximum absolute atomic E-state index is 12.7. The smallest absolute Gasteiger partial charge is 0.225 e. The molecule has 1 aromatic heterocycles. The summed E-state index contributed by atoms with van der Waals surface area (Å²) in [6.07, 6.45) is 6.60. The third-order valence-electron chi connectivity index (χ3n) is 4.91. The summed E-state index contributed by atoms with van der Waals surface area (Å²) < 4.78 is 7.74. The van der Waals surface area contributed by atoms with Gasteiger partial charge in [0.15, 0.2) is 0 Å². The molecule has 2 fully saturated rings. The number of hydrogen-bond donors (Lipinski definition) is 0. The van der Waals surface area contributed by atoms with Crippen LogP contribution in [-0.4, -0.2) is 66.7 Å². The number of carbonyl (C=O) groups excluding carboxylic acids is 1. The Kier molecular flexibility index (Phi) is 4.31. The molecule has 0 spiro atoms. The standard InChI is InChI=1S/C16H25N3O2/c1-17-8-10-18(11-9-17)15(20)14-16(4-12-21-13-5-16)19-6-2-3-7-19/h2-3,6-7H,4-5,8-14H2,1H3. The van der Waals surface area contributed by atoms with Crippen LogP contribution in [0.15, 0.2) is 24.5 Å². The number of carbonyl (C=O) groups is 1. The molecule has 0 unspecified atom stereocenters. The predicted molar refractivity (Wildman–Crippen MR) is 81.2 cm³/mol. The molecule has 3 heterocycles. The first-order valence-corrected chi connectivity index (χ1v) is 7.87. The molecule has 116 valence electrons. The summed E-state index contributed by atoms with van der Waals surface area (Å²) in [6.45, 7) is 5.15. The molecule has 0 atom stereocenters. The first-order valence-electron chi connectivity index (χ1n) is 7.87. The Morgan fingerprint density at radius 1 is 1.10 bits per heavy atom. The van der Waals surface area contributed by atoms with Gasteiger partial charge in [0, 0.05) is 51.8 Å². The zero-order chi connectivity index (χ0) is 14.7.